The van der Waals surface area contributed by atoms with Gasteiger partial charge < -0.3 is 4.74 Å². The first kappa shape index (κ1) is 18.4. The second-order valence-electron chi connectivity index (χ2n) is 8.27. The minimum Gasteiger partial charge on any atom is -0.462 e. The van der Waals surface area contributed by atoms with Crippen LogP contribution in [0.15, 0.2) is 0 Å². The Morgan fingerprint density at radius 2 is 1.67 bits per heavy atom. The van der Waals surface area contributed by atoms with E-state index in [0.717, 1.165) is 6.42 Å². The fourth-order valence-electron chi connectivity index (χ4n) is 3.63. The minimum absolute atomic E-state index is 0.0338. The first-order valence-corrected chi connectivity index (χ1v) is 11.8. The van der Waals surface area contributed by atoms with Gasteiger partial charge in [0.15, 0.2) is 0 Å². The lowest BCUT2D eigenvalue weighted by Gasteiger charge is -2.34. The van der Waals surface area contributed by atoms with E-state index in [9.17, 15) is 9.59 Å². The van der Waals surface area contributed by atoms with Crippen LogP contribution in [-0.4, -0.2) is 25.9 Å². The quantitative estimate of drug-likeness (QED) is 0.543. The molecule has 0 saturated heterocycles. The van der Waals surface area contributed by atoms with Gasteiger partial charge in [0, 0.05) is 12.8 Å². The number of esters is 1. The molecule has 1 saturated carbocycles. The van der Waals surface area contributed by atoms with Gasteiger partial charge in [-0.15, -0.1) is 0 Å². The Morgan fingerprint density at radius 3 is 2.00 bits per heavy atom. The topological polar surface area (TPSA) is 43.4 Å². The van der Waals surface area contributed by atoms with Gasteiger partial charge >= 0.3 is 5.97 Å². The number of hydrogen-bond donors (Lipinski definition) is 0. The third kappa shape index (κ3) is 4.94. The molecule has 1 aliphatic carbocycles. The van der Waals surface area contributed by atoms with Crippen molar-refractivity contribution in [3.05, 3.63) is 0 Å². The fraction of sp³-hybridized carbons (Fsp3) is 0.882. The molecule has 21 heavy (non-hydrogen) atoms. The molecule has 4 heteroatoms. The van der Waals surface area contributed by atoms with Crippen molar-refractivity contribution in [1.82, 2.24) is 0 Å². The van der Waals surface area contributed by atoms with Crippen LogP contribution < -0.4 is 0 Å². The zero-order chi connectivity index (χ0) is 16.4. The van der Waals surface area contributed by atoms with Gasteiger partial charge in [-0.2, -0.15) is 0 Å². The van der Waals surface area contributed by atoms with Crippen LogP contribution in [0.4, 0.5) is 0 Å². The van der Waals surface area contributed by atoms with Crippen LogP contribution in [0.5, 0.6) is 0 Å². The van der Waals surface area contributed by atoms with Crippen LogP contribution in [0, 0.1) is 17.8 Å². The van der Waals surface area contributed by atoms with Crippen molar-refractivity contribution in [1.29, 1.82) is 0 Å². The van der Waals surface area contributed by atoms with E-state index in [1.54, 1.807) is 0 Å². The second-order valence-corrected chi connectivity index (χ2v) is 13.6. The third-order valence-electron chi connectivity index (χ3n) is 4.51. The summed E-state index contributed by atoms with van der Waals surface area (Å²) < 4.78 is 5.89. The molecule has 0 aliphatic heterocycles. The Morgan fingerprint density at radius 1 is 1.14 bits per heavy atom. The largest absolute Gasteiger partial charge is 0.462 e. The standard InChI is InChI=1S/C17H32O3Si/c1-11(2)15(12(3)4)20-17(19)16(21(5,6)7)13-8-9-14(18)10-13/h11-13,15-16H,8-10H2,1-7H3/t13-,16+/m1/s1. The van der Waals surface area contributed by atoms with Gasteiger partial charge in [0.2, 0.25) is 0 Å². The predicted octanol–water partition coefficient (Wildman–Crippen LogP) is 4.29. The summed E-state index contributed by atoms with van der Waals surface area (Å²) in [6, 6.07) is 0. The lowest BCUT2D eigenvalue weighted by molar-refractivity contribution is -0.155. The molecule has 1 aliphatic rings. The maximum atomic E-state index is 12.8. The average molecular weight is 313 g/mol. The molecule has 122 valence electrons. The number of ketones is 1. The summed E-state index contributed by atoms with van der Waals surface area (Å²) in [5.74, 6) is 1.10. The number of hydrogen-bond acceptors (Lipinski definition) is 3. The van der Waals surface area contributed by atoms with Gasteiger partial charge in [0.1, 0.15) is 11.9 Å². The number of Topliss-reactive ketones (excluding diaryl/α,β-unsaturated/α-hetero) is 1. The zero-order valence-corrected chi connectivity index (χ0v) is 15.7. The molecule has 0 N–H and O–H groups in total. The summed E-state index contributed by atoms with van der Waals surface area (Å²) in [6.45, 7) is 15.0. The molecule has 3 nitrogen and oxygen atoms in total. The van der Waals surface area contributed by atoms with Crippen molar-refractivity contribution in [3.8, 4) is 0 Å². The normalized spacial score (nSPS) is 21.4. The molecule has 0 aromatic heterocycles. The SMILES string of the molecule is CC(C)C(OC(=O)[C@H]([C@@H]1CCC(=O)C1)[Si](C)(C)C)C(C)C. The van der Waals surface area contributed by atoms with Crippen LogP contribution in [-0.2, 0) is 14.3 Å². The summed E-state index contributed by atoms with van der Waals surface area (Å²) >= 11 is 0. The highest BCUT2D eigenvalue weighted by Crippen LogP contribution is 2.40. The average Bonchev–Trinajstić information content (AvgIpc) is 2.69. The molecule has 0 amide bonds. The lowest BCUT2D eigenvalue weighted by atomic mass is 9.96. The summed E-state index contributed by atoms with van der Waals surface area (Å²) in [7, 11) is -1.71. The maximum Gasteiger partial charge on any atom is 0.306 e. The molecule has 0 aromatic carbocycles. The molecule has 2 atom stereocenters. The molecule has 0 heterocycles. The first-order valence-electron chi connectivity index (χ1n) is 8.26. The molecule has 1 fully saturated rings. The van der Waals surface area contributed by atoms with E-state index < -0.39 is 8.07 Å². The van der Waals surface area contributed by atoms with Gasteiger partial charge in [-0.1, -0.05) is 47.3 Å². The molecular formula is C17H32O3Si. The number of rotatable bonds is 6. The highest BCUT2D eigenvalue weighted by Gasteiger charge is 2.44. The van der Waals surface area contributed by atoms with Crippen molar-refractivity contribution in [2.24, 2.45) is 17.8 Å². The Kier molecular flexibility index (Phi) is 6.20. The third-order valence-corrected chi connectivity index (χ3v) is 7.08. The van der Waals surface area contributed by atoms with Crippen molar-refractivity contribution in [2.75, 3.05) is 0 Å². The summed E-state index contributed by atoms with van der Waals surface area (Å²) in [5, 5.41) is 0. The molecule has 0 unspecified atom stereocenters. The van der Waals surface area contributed by atoms with Crippen molar-refractivity contribution in [3.63, 3.8) is 0 Å². The van der Waals surface area contributed by atoms with E-state index in [4.69, 9.17) is 4.74 Å². The maximum absolute atomic E-state index is 12.8. The first-order chi connectivity index (χ1) is 9.54. The van der Waals surface area contributed by atoms with Gasteiger partial charge in [-0.05, 0) is 24.2 Å². The Labute approximate surface area is 130 Å². The minimum atomic E-state index is -1.71. The monoisotopic (exact) mass is 312 g/mol. The number of ether oxygens (including phenoxy) is 1. The van der Waals surface area contributed by atoms with E-state index in [1.807, 2.05) is 0 Å². The van der Waals surface area contributed by atoms with Gasteiger partial charge in [-0.3, -0.25) is 9.59 Å². The van der Waals surface area contributed by atoms with Crippen LogP contribution in [0.25, 0.3) is 0 Å². The Balaban J connectivity index is 2.88. The molecule has 0 bridgehead atoms. The molecule has 0 spiro atoms. The van der Waals surface area contributed by atoms with E-state index in [2.05, 4.69) is 47.3 Å². The van der Waals surface area contributed by atoms with E-state index in [1.165, 1.54) is 0 Å². The van der Waals surface area contributed by atoms with Crippen LogP contribution >= 0.6 is 0 Å². The molecule has 1 rings (SSSR count). The van der Waals surface area contributed by atoms with E-state index in [0.29, 0.717) is 30.5 Å². The van der Waals surface area contributed by atoms with Gasteiger partial charge in [0.05, 0.1) is 13.6 Å². The predicted molar refractivity (Wildman–Crippen MR) is 89.0 cm³/mol. The van der Waals surface area contributed by atoms with Gasteiger partial charge in [0.25, 0.3) is 0 Å². The molecule has 0 radical (unpaired) electrons. The highest BCUT2D eigenvalue weighted by molar-refractivity contribution is 6.80. The van der Waals surface area contributed by atoms with Crippen LogP contribution in [0.1, 0.15) is 47.0 Å². The fourth-order valence-corrected chi connectivity index (χ4v) is 6.10. The van der Waals surface area contributed by atoms with Crippen LogP contribution in [0.3, 0.4) is 0 Å². The number of carbonyl (C=O) groups is 2. The van der Waals surface area contributed by atoms with Crippen LogP contribution in [0.2, 0.25) is 25.2 Å². The van der Waals surface area contributed by atoms with E-state index in [-0.39, 0.29) is 23.5 Å². The molecule has 0 aromatic rings. The molecular weight excluding hydrogens is 280 g/mol. The smallest absolute Gasteiger partial charge is 0.306 e. The number of carbonyl (C=O) groups excluding carboxylic acids is 2. The summed E-state index contributed by atoms with van der Waals surface area (Å²) in [6.07, 6.45) is 2.03. The summed E-state index contributed by atoms with van der Waals surface area (Å²) in [5.41, 5.74) is -0.0519. The Hall–Kier alpha value is -0.643. The lowest BCUT2D eigenvalue weighted by Crippen LogP contribution is -2.41. The van der Waals surface area contributed by atoms with E-state index >= 15 is 0 Å². The second kappa shape index (κ2) is 7.08. The van der Waals surface area contributed by atoms with Gasteiger partial charge in [-0.25, -0.2) is 0 Å². The van der Waals surface area contributed by atoms with Crippen molar-refractivity contribution < 1.29 is 14.3 Å². The zero-order valence-electron chi connectivity index (χ0n) is 14.7. The van der Waals surface area contributed by atoms with Crippen molar-refractivity contribution >= 4 is 19.8 Å². The Bertz CT molecular complexity index is 374. The highest BCUT2D eigenvalue weighted by atomic mass is 28.3. The van der Waals surface area contributed by atoms with Crippen molar-refractivity contribution in [2.45, 2.75) is 78.2 Å². The summed E-state index contributed by atoms with van der Waals surface area (Å²) in [4.78, 5) is 24.4.